The molecule has 1 heterocycles. The second-order valence-corrected chi connectivity index (χ2v) is 7.75. The van der Waals surface area contributed by atoms with E-state index < -0.39 is 27.3 Å². The van der Waals surface area contributed by atoms with Gasteiger partial charge in [0.25, 0.3) is 0 Å². The van der Waals surface area contributed by atoms with E-state index in [2.05, 4.69) is 15.0 Å². The first-order valence-corrected chi connectivity index (χ1v) is 9.51. The van der Waals surface area contributed by atoms with Gasteiger partial charge in [0.2, 0.25) is 21.8 Å². The van der Waals surface area contributed by atoms with Crippen molar-refractivity contribution in [2.24, 2.45) is 0 Å². The third-order valence-electron chi connectivity index (χ3n) is 3.81. The number of carbonyl (C=O) groups excluding carboxylic acids is 1. The molecule has 0 unspecified atom stereocenters. The van der Waals surface area contributed by atoms with Crippen molar-refractivity contribution in [1.29, 1.82) is 0 Å². The van der Waals surface area contributed by atoms with Crippen LogP contribution >= 0.6 is 0 Å². The number of benzene rings is 1. The fourth-order valence-corrected chi connectivity index (χ4v) is 3.36. The molecule has 2 N–H and O–H groups in total. The van der Waals surface area contributed by atoms with Crippen LogP contribution in [0.3, 0.4) is 0 Å². The maximum Gasteiger partial charge on any atom is 0.250 e. The van der Waals surface area contributed by atoms with Crippen molar-refractivity contribution in [3.63, 3.8) is 0 Å². The van der Waals surface area contributed by atoms with Crippen molar-refractivity contribution in [3.8, 4) is 5.88 Å². The fourth-order valence-electron chi connectivity index (χ4n) is 2.41. The Kier molecular flexibility index (Phi) is 5.62. The molecule has 2 aromatic rings. The summed E-state index contributed by atoms with van der Waals surface area (Å²) < 4.78 is 44.2. The lowest BCUT2D eigenvalue weighted by atomic mass is 9.92. The van der Waals surface area contributed by atoms with E-state index in [9.17, 15) is 17.6 Å². The molecule has 0 aliphatic carbocycles. The number of pyridine rings is 1. The van der Waals surface area contributed by atoms with Crippen LogP contribution in [0.15, 0.2) is 36.5 Å². The predicted molar refractivity (Wildman–Crippen MR) is 95.9 cm³/mol. The molecular formula is C17H20FN3O4S. The van der Waals surface area contributed by atoms with Gasteiger partial charge in [-0.15, -0.1) is 0 Å². The molecule has 9 heteroatoms. The Bertz CT molecular complexity index is 916. The Morgan fingerprint density at radius 2 is 1.88 bits per heavy atom. The molecule has 2 rings (SSSR count). The van der Waals surface area contributed by atoms with Crippen molar-refractivity contribution in [2.75, 3.05) is 18.7 Å². The van der Waals surface area contributed by atoms with Gasteiger partial charge >= 0.3 is 0 Å². The molecule has 1 amide bonds. The first-order chi connectivity index (χ1) is 12.0. The summed E-state index contributed by atoms with van der Waals surface area (Å²) in [7, 11) is -2.26. The minimum atomic E-state index is -3.74. The van der Waals surface area contributed by atoms with E-state index >= 15 is 0 Å². The van der Waals surface area contributed by atoms with Crippen LogP contribution in [0.5, 0.6) is 5.88 Å². The number of hydrogen-bond acceptors (Lipinski definition) is 5. The molecule has 1 aromatic carbocycles. The van der Waals surface area contributed by atoms with E-state index in [-0.39, 0.29) is 0 Å². The second-order valence-electron chi connectivity index (χ2n) is 6.00. The Labute approximate surface area is 151 Å². The lowest BCUT2D eigenvalue weighted by Gasteiger charge is -2.29. The minimum absolute atomic E-state index is 0.293. The number of sulfonamides is 1. The lowest BCUT2D eigenvalue weighted by Crippen LogP contribution is -2.51. The lowest BCUT2D eigenvalue weighted by molar-refractivity contribution is -0.121. The number of aromatic nitrogens is 1. The molecule has 0 fully saturated rings. The average molecular weight is 381 g/mol. The van der Waals surface area contributed by atoms with Gasteiger partial charge in [0.1, 0.15) is 11.4 Å². The summed E-state index contributed by atoms with van der Waals surface area (Å²) in [6.07, 6.45) is 2.36. The SMILES string of the molecule is COc1cc(C)c(NC(=O)[C@](C)(NS(C)(=O)=O)c2ccc(F)cc2)cn1. The standard InChI is InChI=1S/C17H20FN3O4S/c1-11-9-15(25-3)19-10-14(11)20-16(22)17(2,21-26(4,23)24)12-5-7-13(18)8-6-12/h5-10,21H,1-4H3,(H,20,22)/t17-/m1/s1. The summed E-state index contributed by atoms with van der Waals surface area (Å²) in [5.41, 5.74) is -0.264. The molecule has 0 saturated heterocycles. The number of halogens is 1. The van der Waals surface area contributed by atoms with Gasteiger partial charge in [0.15, 0.2) is 0 Å². The molecule has 0 saturated carbocycles. The van der Waals surface area contributed by atoms with Gasteiger partial charge in [-0.3, -0.25) is 4.79 Å². The zero-order valence-corrected chi connectivity index (χ0v) is 15.6. The summed E-state index contributed by atoms with van der Waals surface area (Å²) in [6, 6.07) is 6.66. The molecule has 0 bridgehead atoms. The van der Waals surface area contributed by atoms with Crippen LogP contribution in [0.1, 0.15) is 18.1 Å². The van der Waals surface area contributed by atoms with Crippen molar-refractivity contribution < 1.29 is 22.3 Å². The third-order valence-corrected chi connectivity index (χ3v) is 4.59. The average Bonchev–Trinajstić information content (AvgIpc) is 2.55. The number of nitrogens with zero attached hydrogens (tertiary/aromatic N) is 1. The van der Waals surface area contributed by atoms with Crippen molar-refractivity contribution >= 4 is 21.6 Å². The quantitative estimate of drug-likeness (QED) is 0.797. The topological polar surface area (TPSA) is 97.4 Å². The summed E-state index contributed by atoms with van der Waals surface area (Å²) in [4.78, 5) is 16.9. The summed E-state index contributed by atoms with van der Waals surface area (Å²) >= 11 is 0. The number of amides is 1. The number of methoxy groups -OCH3 is 1. The molecule has 1 aromatic heterocycles. The maximum absolute atomic E-state index is 13.2. The second kappa shape index (κ2) is 7.38. The Balaban J connectivity index is 2.42. The fraction of sp³-hybridized carbons (Fsp3) is 0.294. The molecule has 0 aliphatic heterocycles. The number of nitrogens with one attached hydrogen (secondary N) is 2. The van der Waals surface area contributed by atoms with E-state index in [1.165, 1.54) is 32.4 Å². The first-order valence-electron chi connectivity index (χ1n) is 7.62. The first kappa shape index (κ1) is 19.8. The molecule has 0 radical (unpaired) electrons. The predicted octanol–water partition coefficient (Wildman–Crippen LogP) is 1.94. The van der Waals surface area contributed by atoms with Crippen LogP contribution in [0.4, 0.5) is 10.1 Å². The highest BCUT2D eigenvalue weighted by Gasteiger charge is 2.38. The highest BCUT2D eigenvalue weighted by atomic mass is 32.2. The number of aryl methyl sites for hydroxylation is 1. The number of ether oxygens (including phenoxy) is 1. The summed E-state index contributed by atoms with van der Waals surface area (Å²) in [5.74, 6) is -0.744. The molecule has 7 nitrogen and oxygen atoms in total. The van der Waals surface area contributed by atoms with Crippen LogP contribution in [-0.2, 0) is 20.4 Å². The van der Waals surface area contributed by atoms with Gasteiger partial charge in [0, 0.05) is 6.07 Å². The van der Waals surface area contributed by atoms with Gasteiger partial charge in [-0.1, -0.05) is 12.1 Å². The highest BCUT2D eigenvalue weighted by molar-refractivity contribution is 7.88. The van der Waals surface area contributed by atoms with E-state index in [1.54, 1.807) is 13.0 Å². The number of rotatable bonds is 6. The van der Waals surface area contributed by atoms with Crippen LogP contribution in [0.25, 0.3) is 0 Å². The highest BCUT2D eigenvalue weighted by Crippen LogP contribution is 2.26. The molecule has 1 atom stereocenters. The normalized spacial score (nSPS) is 13.7. The zero-order valence-electron chi connectivity index (χ0n) is 14.8. The Morgan fingerprint density at radius 3 is 2.38 bits per heavy atom. The number of anilines is 1. The van der Waals surface area contributed by atoms with Crippen molar-refractivity contribution in [3.05, 3.63) is 53.5 Å². The van der Waals surface area contributed by atoms with Crippen molar-refractivity contribution in [1.82, 2.24) is 9.71 Å². The van der Waals surface area contributed by atoms with Crippen LogP contribution in [0, 0.1) is 12.7 Å². The van der Waals surface area contributed by atoms with Crippen LogP contribution in [0.2, 0.25) is 0 Å². The van der Waals surface area contributed by atoms with E-state index in [0.717, 1.165) is 18.4 Å². The minimum Gasteiger partial charge on any atom is -0.481 e. The molecule has 26 heavy (non-hydrogen) atoms. The largest absolute Gasteiger partial charge is 0.481 e. The van der Waals surface area contributed by atoms with E-state index in [0.29, 0.717) is 22.7 Å². The van der Waals surface area contributed by atoms with Crippen molar-refractivity contribution in [2.45, 2.75) is 19.4 Å². The van der Waals surface area contributed by atoms with Gasteiger partial charge in [-0.25, -0.2) is 17.8 Å². The monoisotopic (exact) mass is 381 g/mol. The third kappa shape index (κ3) is 4.55. The summed E-state index contributed by atoms with van der Waals surface area (Å²) in [6.45, 7) is 3.15. The van der Waals surface area contributed by atoms with Crippen LogP contribution < -0.4 is 14.8 Å². The summed E-state index contributed by atoms with van der Waals surface area (Å²) in [5, 5.41) is 2.66. The van der Waals surface area contributed by atoms with Gasteiger partial charge in [0.05, 0.1) is 25.2 Å². The van der Waals surface area contributed by atoms with Gasteiger partial charge < -0.3 is 10.1 Å². The molecule has 0 spiro atoms. The van der Waals surface area contributed by atoms with Crippen LogP contribution in [-0.4, -0.2) is 32.7 Å². The Hall–Kier alpha value is -2.52. The molecule has 0 aliphatic rings. The zero-order chi connectivity index (χ0) is 19.5. The van der Waals surface area contributed by atoms with E-state index in [1.807, 2.05) is 0 Å². The molecular weight excluding hydrogens is 361 g/mol. The van der Waals surface area contributed by atoms with E-state index in [4.69, 9.17) is 4.74 Å². The van der Waals surface area contributed by atoms with Gasteiger partial charge in [-0.2, -0.15) is 4.72 Å². The number of carbonyl (C=O) groups is 1. The maximum atomic E-state index is 13.2. The molecule has 140 valence electrons. The number of hydrogen-bond donors (Lipinski definition) is 2. The van der Waals surface area contributed by atoms with Gasteiger partial charge in [-0.05, 0) is 37.1 Å². The smallest absolute Gasteiger partial charge is 0.250 e. The Morgan fingerprint density at radius 1 is 1.27 bits per heavy atom.